The van der Waals surface area contributed by atoms with Crippen molar-refractivity contribution < 1.29 is 0 Å². The van der Waals surface area contributed by atoms with Crippen molar-refractivity contribution in [1.82, 2.24) is 4.98 Å². The minimum absolute atomic E-state index is 0.497. The van der Waals surface area contributed by atoms with E-state index >= 15 is 0 Å². The van der Waals surface area contributed by atoms with Gasteiger partial charge in [0.05, 0.1) is 9.88 Å². The highest BCUT2D eigenvalue weighted by atomic mass is 79.9. The molecular weight excluding hydrogens is 224 g/mol. The lowest BCUT2D eigenvalue weighted by Gasteiger charge is -1.94. The third kappa shape index (κ3) is 2.01. The largest absolute Gasteiger partial charge is 0.326 e. The van der Waals surface area contributed by atoms with Crippen LogP contribution in [-0.2, 0) is 6.54 Å². The molecule has 0 atom stereocenters. The number of aromatic nitrogens is 1. The Balaban J connectivity index is 2.95. The van der Waals surface area contributed by atoms with Gasteiger partial charge >= 0.3 is 0 Å². The standard InChI is InChI=1S/C7H11BrN2S/c1-4(2)7-10-6(8)5(3-9)11-7/h4H,3,9H2,1-2H3. The second-order valence-electron chi connectivity index (χ2n) is 2.62. The Morgan fingerprint density at radius 3 is 2.55 bits per heavy atom. The van der Waals surface area contributed by atoms with Crippen LogP contribution in [0.25, 0.3) is 0 Å². The van der Waals surface area contributed by atoms with E-state index in [0.717, 1.165) is 14.5 Å². The van der Waals surface area contributed by atoms with Gasteiger partial charge in [0.25, 0.3) is 0 Å². The summed E-state index contributed by atoms with van der Waals surface area (Å²) in [6, 6.07) is 0. The first-order valence-electron chi connectivity index (χ1n) is 3.50. The maximum Gasteiger partial charge on any atom is 0.121 e. The van der Waals surface area contributed by atoms with Gasteiger partial charge in [-0.25, -0.2) is 4.98 Å². The van der Waals surface area contributed by atoms with Gasteiger partial charge < -0.3 is 5.73 Å². The van der Waals surface area contributed by atoms with Crippen LogP contribution < -0.4 is 5.73 Å². The highest BCUT2D eigenvalue weighted by Gasteiger charge is 2.09. The molecule has 2 nitrogen and oxygen atoms in total. The Labute approximate surface area is 79.0 Å². The Hall–Kier alpha value is 0.0700. The van der Waals surface area contributed by atoms with Gasteiger partial charge in [-0.2, -0.15) is 0 Å². The SMILES string of the molecule is CC(C)c1nc(Br)c(CN)s1. The summed E-state index contributed by atoms with van der Waals surface area (Å²) in [5.74, 6) is 0.497. The van der Waals surface area contributed by atoms with E-state index in [2.05, 4.69) is 34.8 Å². The number of thiazole rings is 1. The zero-order valence-electron chi connectivity index (χ0n) is 6.60. The predicted molar refractivity (Wildman–Crippen MR) is 51.8 cm³/mol. The lowest BCUT2D eigenvalue weighted by molar-refractivity contribution is 0.849. The van der Waals surface area contributed by atoms with Crippen LogP contribution in [-0.4, -0.2) is 4.98 Å². The number of nitrogens with two attached hydrogens (primary N) is 1. The summed E-state index contributed by atoms with van der Waals surface area (Å²) < 4.78 is 0.911. The first-order valence-corrected chi connectivity index (χ1v) is 5.11. The van der Waals surface area contributed by atoms with E-state index in [-0.39, 0.29) is 0 Å². The fourth-order valence-corrected chi connectivity index (χ4v) is 2.27. The fraction of sp³-hybridized carbons (Fsp3) is 0.571. The topological polar surface area (TPSA) is 38.9 Å². The van der Waals surface area contributed by atoms with Crippen molar-refractivity contribution >= 4 is 27.3 Å². The van der Waals surface area contributed by atoms with Gasteiger partial charge in [-0.05, 0) is 15.9 Å². The molecular formula is C7H11BrN2S. The predicted octanol–water partition coefficient (Wildman–Crippen LogP) is 2.49. The quantitative estimate of drug-likeness (QED) is 0.855. The highest BCUT2D eigenvalue weighted by molar-refractivity contribution is 9.10. The lowest BCUT2D eigenvalue weighted by atomic mass is 10.2. The van der Waals surface area contributed by atoms with Crippen LogP contribution in [0.4, 0.5) is 0 Å². The molecule has 0 aromatic carbocycles. The van der Waals surface area contributed by atoms with E-state index in [0.29, 0.717) is 12.5 Å². The summed E-state index contributed by atoms with van der Waals surface area (Å²) in [6.07, 6.45) is 0. The van der Waals surface area contributed by atoms with Gasteiger partial charge in [-0.3, -0.25) is 0 Å². The molecule has 0 spiro atoms. The summed E-state index contributed by atoms with van der Waals surface area (Å²) >= 11 is 5.05. The molecule has 2 N–H and O–H groups in total. The van der Waals surface area contributed by atoms with Crippen LogP contribution in [0.2, 0.25) is 0 Å². The zero-order valence-corrected chi connectivity index (χ0v) is 9.00. The third-order valence-corrected chi connectivity index (χ3v) is 3.64. The Morgan fingerprint density at radius 1 is 1.64 bits per heavy atom. The molecule has 4 heteroatoms. The molecule has 1 heterocycles. The van der Waals surface area contributed by atoms with E-state index in [1.54, 1.807) is 11.3 Å². The van der Waals surface area contributed by atoms with Crippen molar-refractivity contribution in [3.63, 3.8) is 0 Å². The number of hydrogen-bond donors (Lipinski definition) is 1. The number of halogens is 1. The van der Waals surface area contributed by atoms with Crippen molar-refractivity contribution in [2.75, 3.05) is 0 Å². The van der Waals surface area contributed by atoms with E-state index in [1.807, 2.05) is 0 Å². The number of nitrogens with zero attached hydrogens (tertiary/aromatic N) is 1. The molecule has 0 aliphatic heterocycles. The van der Waals surface area contributed by atoms with Gasteiger partial charge in [0.1, 0.15) is 4.60 Å². The van der Waals surface area contributed by atoms with Crippen molar-refractivity contribution in [2.45, 2.75) is 26.3 Å². The molecule has 0 aliphatic rings. The first-order chi connectivity index (χ1) is 5.15. The zero-order chi connectivity index (χ0) is 8.43. The molecule has 62 valence electrons. The minimum Gasteiger partial charge on any atom is -0.326 e. The summed E-state index contributed by atoms with van der Waals surface area (Å²) in [6.45, 7) is 4.84. The molecule has 1 aromatic heterocycles. The molecule has 0 radical (unpaired) electrons. The molecule has 0 unspecified atom stereocenters. The second-order valence-corrected chi connectivity index (χ2v) is 4.49. The monoisotopic (exact) mass is 234 g/mol. The van der Waals surface area contributed by atoms with Crippen LogP contribution in [0.5, 0.6) is 0 Å². The van der Waals surface area contributed by atoms with Gasteiger partial charge in [0, 0.05) is 12.5 Å². The van der Waals surface area contributed by atoms with E-state index in [1.165, 1.54) is 0 Å². The maximum absolute atomic E-state index is 5.50. The number of rotatable bonds is 2. The average Bonchev–Trinajstić information content (AvgIpc) is 2.31. The van der Waals surface area contributed by atoms with Crippen molar-refractivity contribution in [2.24, 2.45) is 5.73 Å². The first kappa shape index (κ1) is 9.16. The van der Waals surface area contributed by atoms with Crippen LogP contribution in [0, 0.1) is 0 Å². The van der Waals surface area contributed by atoms with Gasteiger partial charge in [0.15, 0.2) is 0 Å². The average molecular weight is 235 g/mol. The van der Waals surface area contributed by atoms with Gasteiger partial charge in [0.2, 0.25) is 0 Å². The van der Waals surface area contributed by atoms with E-state index in [9.17, 15) is 0 Å². The van der Waals surface area contributed by atoms with Crippen LogP contribution >= 0.6 is 27.3 Å². The Kier molecular flexibility index (Phi) is 3.04. The molecule has 0 amide bonds. The smallest absolute Gasteiger partial charge is 0.121 e. The fourth-order valence-electron chi connectivity index (χ4n) is 0.723. The normalized spacial score (nSPS) is 11.0. The molecule has 0 fully saturated rings. The lowest BCUT2D eigenvalue weighted by Crippen LogP contribution is -1.92. The van der Waals surface area contributed by atoms with Crippen LogP contribution in [0.15, 0.2) is 4.60 Å². The summed E-state index contributed by atoms with van der Waals surface area (Å²) in [7, 11) is 0. The maximum atomic E-state index is 5.50. The van der Waals surface area contributed by atoms with E-state index in [4.69, 9.17) is 5.73 Å². The molecule has 0 saturated heterocycles. The molecule has 0 saturated carbocycles. The highest BCUT2D eigenvalue weighted by Crippen LogP contribution is 2.27. The Bertz CT molecular complexity index is 245. The summed E-state index contributed by atoms with van der Waals surface area (Å²) in [4.78, 5) is 5.47. The second kappa shape index (κ2) is 3.65. The third-order valence-electron chi connectivity index (χ3n) is 1.35. The minimum atomic E-state index is 0.497. The molecule has 0 aliphatic carbocycles. The van der Waals surface area contributed by atoms with Crippen LogP contribution in [0.3, 0.4) is 0 Å². The summed E-state index contributed by atoms with van der Waals surface area (Å²) in [5, 5.41) is 1.15. The van der Waals surface area contributed by atoms with Crippen LogP contribution in [0.1, 0.15) is 29.7 Å². The number of hydrogen-bond acceptors (Lipinski definition) is 3. The summed E-state index contributed by atoms with van der Waals surface area (Å²) in [5.41, 5.74) is 5.50. The molecule has 0 bridgehead atoms. The van der Waals surface area contributed by atoms with Crippen molar-refractivity contribution in [1.29, 1.82) is 0 Å². The van der Waals surface area contributed by atoms with Gasteiger partial charge in [-0.1, -0.05) is 13.8 Å². The van der Waals surface area contributed by atoms with Gasteiger partial charge in [-0.15, -0.1) is 11.3 Å². The van der Waals surface area contributed by atoms with Crippen molar-refractivity contribution in [3.8, 4) is 0 Å². The van der Waals surface area contributed by atoms with Crippen molar-refractivity contribution in [3.05, 3.63) is 14.5 Å². The Morgan fingerprint density at radius 2 is 2.27 bits per heavy atom. The molecule has 1 rings (SSSR count). The molecule has 1 aromatic rings. The van der Waals surface area contributed by atoms with E-state index < -0.39 is 0 Å². The molecule has 11 heavy (non-hydrogen) atoms.